The molecule has 0 radical (unpaired) electrons. The van der Waals surface area contributed by atoms with Crippen molar-refractivity contribution in [2.75, 3.05) is 12.4 Å². The first-order valence-electron chi connectivity index (χ1n) is 9.67. The number of rotatable bonds is 7. The fraction of sp³-hybridized carbons (Fsp3) is 0.130. The summed E-state index contributed by atoms with van der Waals surface area (Å²) >= 11 is 7.81. The van der Waals surface area contributed by atoms with E-state index in [2.05, 4.69) is 15.3 Å². The normalized spacial score (nSPS) is 10.8. The van der Waals surface area contributed by atoms with E-state index in [1.54, 1.807) is 29.5 Å². The van der Waals surface area contributed by atoms with E-state index in [-0.39, 0.29) is 22.1 Å². The van der Waals surface area contributed by atoms with E-state index in [1.807, 2.05) is 16.8 Å². The quantitative estimate of drug-likeness (QED) is 0.383. The highest BCUT2D eigenvalue weighted by atomic mass is 35.5. The third kappa shape index (κ3) is 4.71. The number of nitrogens with one attached hydrogen (secondary N) is 2. The van der Waals surface area contributed by atoms with Crippen LogP contribution in [0.3, 0.4) is 0 Å². The van der Waals surface area contributed by atoms with E-state index in [1.165, 1.54) is 25.4 Å². The SMILES string of the molecule is COc1cc2[nH]c(=O)c(C(=O)Nc3cc(C(=O)CCc4ccsc4)ccc3Cl)cc2cn1. The smallest absolute Gasteiger partial charge is 0.261 e. The predicted octanol–water partition coefficient (Wildman–Crippen LogP) is 4.71. The van der Waals surface area contributed by atoms with Gasteiger partial charge < -0.3 is 15.0 Å². The Labute approximate surface area is 192 Å². The molecule has 0 bridgehead atoms. The van der Waals surface area contributed by atoms with Crippen molar-refractivity contribution in [2.24, 2.45) is 0 Å². The van der Waals surface area contributed by atoms with Gasteiger partial charge >= 0.3 is 0 Å². The molecule has 3 aromatic heterocycles. The molecule has 9 heteroatoms. The molecule has 0 aliphatic carbocycles. The van der Waals surface area contributed by atoms with Crippen LogP contribution in [0, 0.1) is 0 Å². The van der Waals surface area contributed by atoms with Gasteiger partial charge in [0.1, 0.15) is 5.56 Å². The molecule has 4 rings (SSSR count). The number of halogens is 1. The molecule has 1 aromatic carbocycles. The number of thiophene rings is 1. The molecule has 1 amide bonds. The second-order valence-electron chi connectivity index (χ2n) is 7.03. The van der Waals surface area contributed by atoms with Gasteiger partial charge in [-0.1, -0.05) is 11.6 Å². The van der Waals surface area contributed by atoms with Crippen molar-refractivity contribution in [1.29, 1.82) is 0 Å². The number of amides is 1. The molecule has 0 atom stereocenters. The average molecular weight is 468 g/mol. The van der Waals surface area contributed by atoms with Gasteiger partial charge in [-0.25, -0.2) is 4.98 Å². The number of carbonyl (C=O) groups excluding carboxylic acids is 2. The van der Waals surface area contributed by atoms with Crippen molar-refractivity contribution in [1.82, 2.24) is 9.97 Å². The number of ether oxygens (including phenoxy) is 1. The van der Waals surface area contributed by atoms with Gasteiger partial charge in [-0.2, -0.15) is 11.3 Å². The Morgan fingerprint density at radius 1 is 1.22 bits per heavy atom. The minimum atomic E-state index is -0.645. The third-order valence-electron chi connectivity index (χ3n) is 4.91. The maximum Gasteiger partial charge on any atom is 0.261 e. The van der Waals surface area contributed by atoms with Crippen LogP contribution in [0.1, 0.15) is 32.7 Å². The number of hydrogen-bond donors (Lipinski definition) is 2. The molecule has 7 nitrogen and oxygen atoms in total. The van der Waals surface area contributed by atoms with Gasteiger partial charge in [0.05, 0.1) is 23.3 Å². The Morgan fingerprint density at radius 3 is 2.81 bits per heavy atom. The lowest BCUT2D eigenvalue weighted by molar-refractivity contribution is 0.0980. The lowest BCUT2D eigenvalue weighted by Crippen LogP contribution is -2.23. The van der Waals surface area contributed by atoms with Gasteiger partial charge in [0.15, 0.2) is 5.78 Å². The highest BCUT2D eigenvalue weighted by molar-refractivity contribution is 7.07. The number of pyridine rings is 2. The zero-order valence-electron chi connectivity index (χ0n) is 17.0. The standard InChI is InChI=1S/C23H18ClN3O4S/c1-31-21-10-18-15(11-25-21)8-16(22(29)26-18)23(30)27-19-9-14(3-4-17(19)24)20(28)5-2-13-6-7-32-12-13/h3-4,6-12H,2,5H2,1H3,(H,26,29)(H,27,30). The van der Waals surface area contributed by atoms with E-state index in [9.17, 15) is 14.4 Å². The number of benzene rings is 1. The molecule has 0 aliphatic rings. The van der Waals surface area contributed by atoms with Gasteiger partial charge in [0, 0.05) is 29.6 Å². The first-order chi connectivity index (χ1) is 15.4. The number of anilines is 1. The topological polar surface area (TPSA) is 101 Å². The molecule has 4 aromatic rings. The van der Waals surface area contributed by atoms with E-state index in [4.69, 9.17) is 16.3 Å². The number of aromatic nitrogens is 2. The summed E-state index contributed by atoms with van der Waals surface area (Å²) in [5, 5.41) is 7.44. The van der Waals surface area contributed by atoms with E-state index < -0.39 is 11.5 Å². The summed E-state index contributed by atoms with van der Waals surface area (Å²) in [5.74, 6) is -0.363. The molecule has 3 heterocycles. The lowest BCUT2D eigenvalue weighted by Gasteiger charge is -2.10. The molecule has 32 heavy (non-hydrogen) atoms. The highest BCUT2D eigenvalue weighted by Gasteiger charge is 2.16. The van der Waals surface area contributed by atoms with Crippen molar-refractivity contribution < 1.29 is 14.3 Å². The number of methoxy groups -OCH3 is 1. The largest absolute Gasteiger partial charge is 0.481 e. The maximum absolute atomic E-state index is 12.8. The number of fused-ring (bicyclic) bond motifs is 1. The molecule has 0 spiro atoms. The molecular weight excluding hydrogens is 450 g/mol. The first kappa shape index (κ1) is 21.7. The Hall–Kier alpha value is -3.49. The Morgan fingerprint density at radius 2 is 2.06 bits per heavy atom. The van der Waals surface area contributed by atoms with E-state index in [0.29, 0.717) is 35.2 Å². The molecule has 0 aliphatic heterocycles. The molecular formula is C23H18ClN3O4S. The van der Waals surface area contributed by atoms with Crippen molar-refractivity contribution in [3.05, 3.63) is 85.4 Å². The van der Waals surface area contributed by atoms with E-state index >= 15 is 0 Å². The van der Waals surface area contributed by atoms with Crippen molar-refractivity contribution >= 4 is 51.2 Å². The Balaban J connectivity index is 1.55. The van der Waals surface area contributed by atoms with Gasteiger partial charge in [0.25, 0.3) is 11.5 Å². The number of ketones is 1. The maximum atomic E-state index is 12.8. The number of hydrogen-bond acceptors (Lipinski definition) is 6. The van der Waals surface area contributed by atoms with Crippen LogP contribution in [0.4, 0.5) is 5.69 Å². The fourth-order valence-electron chi connectivity index (χ4n) is 3.18. The number of aryl methyl sites for hydroxylation is 1. The summed E-state index contributed by atoms with van der Waals surface area (Å²) in [7, 11) is 1.47. The van der Waals surface area contributed by atoms with Crippen LogP contribution < -0.4 is 15.6 Å². The lowest BCUT2D eigenvalue weighted by atomic mass is 10.0. The summed E-state index contributed by atoms with van der Waals surface area (Å²) in [4.78, 5) is 44.6. The second-order valence-corrected chi connectivity index (χ2v) is 8.22. The van der Waals surface area contributed by atoms with Crippen LogP contribution in [0.2, 0.25) is 5.02 Å². The molecule has 0 fully saturated rings. The number of nitrogens with zero attached hydrogens (tertiary/aromatic N) is 1. The number of Topliss-reactive ketones (excluding diaryl/α,β-unsaturated/α-hetero) is 1. The number of carbonyl (C=O) groups is 2. The van der Waals surface area contributed by atoms with E-state index in [0.717, 1.165) is 5.56 Å². The van der Waals surface area contributed by atoms with Crippen LogP contribution >= 0.6 is 22.9 Å². The van der Waals surface area contributed by atoms with Crippen molar-refractivity contribution in [2.45, 2.75) is 12.8 Å². The predicted molar refractivity (Wildman–Crippen MR) is 125 cm³/mol. The van der Waals surface area contributed by atoms with Crippen LogP contribution in [-0.4, -0.2) is 28.8 Å². The Bertz CT molecular complexity index is 1370. The van der Waals surface area contributed by atoms with Crippen LogP contribution in [0.5, 0.6) is 5.88 Å². The zero-order valence-corrected chi connectivity index (χ0v) is 18.5. The molecule has 2 N–H and O–H groups in total. The fourth-order valence-corrected chi connectivity index (χ4v) is 4.05. The third-order valence-corrected chi connectivity index (χ3v) is 5.98. The van der Waals surface area contributed by atoms with Crippen molar-refractivity contribution in [3.8, 4) is 5.88 Å². The number of aromatic amines is 1. The van der Waals surface area contributed by atoms with Gasteiger partial charge in [-0.15, -0.1) is 0 Å². The number of H-pyrrole nitrogens is 1. The van der Waals surface area contributed by atoms with Gasteiger partial charge in [-0.05, 0) is 53.1 Å². The van der Waals surface area contributed by atoms with Crippen LogP contribution in [0.15, 0.2) is 58.1 Å². The molecule has 0 saturated heterocycles. The van der Waals surface area contributed by atoms with Crippen molar-refractivity contribution in [3.63, 3.8) is 0 Å². The average Bonchev–Trinajstić information content (AvgIpc) is 3.31. The summed E-state index contributed by atoms with van der Waals surface area (Å²) < 4.78 is 5.05. The summed E-state index contributed by atoms with van der Waals surface area (Å²) in [6, 6.07) is 9.70. The van der Waals surface area contributed by atoms with Crippen LogP contribution in [-0.2, 0) is 6.42 Å². The summed E-state index contributed by atoms with van der Waals surface area (Å²) in [6.07, 6.45) is 2.48. The van der Waals surface area contributed by atoms with Crippen LogP contribution in [0.25, 0.3) is 10.9 Å². The Kier molecular flexibility index (Phi) is 6.34. The molecule has 162 valence electrons. The first-order valence-corrected chi connectivity index (χ1v) is 11.0. The summed E-state index contributed by atoms with van der Waals surface area (Å²) in [6.45, 7) is 0. The van der Waals surface area contributed by atoms with Gasteiger partial charge in [-0.3, -0.25) is 14.4 Å². The monoisotopic (exact) mass is 467 g/mol. The minimum absolute atomic E-state index is 0.0630. The summed E-state index contributed by atoms with van der Waals surface area (Å²) in [5.41, 5.74) is 1.62. The minimum Gasteiger partial charge on any atom is -0.481 e. The zero-order chi connectivity index (χ0) is 22.7. The highest BCUT2D eigenvalue weighted by Crippen LogP contribution is 2.25. The second kappa shape index (κ2) is 9.33. The van der Waals surface area contributed by atoms with Gasteiger partial charge in [0.2, 0.25) is 5.88 Å². The molecule has 0 unspecified atom stereocenters. The molecule has 0 saturated carbocycles.